The van der Waals surface area contributed by atoms with Crippen LogP contribution < -0.4 is 15.4 Å². The van der Waals surface area contributed by atoms with Crippen LogP contribution in [0.4, 0.5) is 0 Å². The summed E-state index contributed by atoms with van der Waals surface area (Å²) in [5, 5.41) is 5.63. The van der Waals surface area contributed by atoms with E-state index in [9.17, 15) is 9.59 Å². The van der Waals surface area contributed by atoms with Gasteiger partial charge in [0.25, 0.3) is 5.91 Å². The van der Waals surface area contributed by atoms with Crippen molar-refractivity contribution in [3.63, 3.8) is 0 Å². The molecule has 2 rings (SSSR count). The summed E-state index contributed by atoms with van der Waals surface area (Å²) in [4.78, 5) is 24.1. The van der Waals surface area contributed by atoms with E-state index in [1.807, 2.05) is 48.5 Å². The normalized spacial score (nSPS) is 11.0. The van der Waals surface area contributed by atoms with Crippen LogP contribution >= 0.6 is 0 Å². The monoisotopic (exact) mass is 368 g/mol. The standard InChI is InChI=1S/C22H28N2O3/c1-22(2,3)18-9-7-17(8-10-18)21(26)24-14-13-23-20(25)15-16-5-11-19(27-4)12-6-16/h5-12H,13-15H2,1-4H3,(H,23,25)(H,24,26). The highest BCUT2D eigenvalue weighted by Crippen LogP contribution is 2.22. The molecule has 144 valence electrons. The third-order valence-corrected chi connectivity index (χ3v) is 4.27. The van der Waals surface area contributed by atoms with E-state index in [0.717, 1.165) is 11.3 Å². The van der Waals surface area contributed by atoms with Crippen molar-refractivity contribution in [1.29, 1.82) is 0 Å². The Morgan fingerprint density at radius 3 is 2.04 bits per heavy atom. The highest BCUT2D eigenvalue weighted by Gasteiger charge is 2.14. The second-order valence-electron chi connectivity index (χ2n) is 7.46. The molecule has 0 spiro atoms. The van der Waals surface area contributed by atoms with Gasteiger partial charge < -0.3 is 15.4 Å². The van der Waals surface area contributed by atoms with E-state index in [-0.39, 0.29) is 17.2 Å². The lowest BCUT2D eigenvalue weighted by Gasteiger charge is -2.19. The summed E-state index contributed by atoms with van der Waals surface area (Å²) >= 11 is 0. The lowest BCUT2D eigenvalue weighted by Crippen LogP contribution is -2.35. The fourth-order valence-corrected chi connectivity index (χ4v) is 2.59. The second-order valence-corrected chi connectivity index (χ2v) is 7.46. The van der Waals surface area contributed by atoms with Crippen molar-refractivity contribution < 1.29 is 14.3 Å². The van der Waals surface area contributed by atoms with Crippen molar-refractivity contribution in [3.05, 3.63) is 65.2 Å². The summed E-state index contributed by atoms with van der Waals surface area (Å²) in [5.41, 5.74) is 2.78. The van der Waals surface area contributed by atoms with E-state index in [2.05, 4.69) is 31.4 Å². The summed E-state index contributed by atoms with van der Waals surface area (Å²) in [6, 6.07) is 15.0. The molecule has 2 aromatic rings. The van der Waals surface area contributed by atoms with Crippen LogP contribution in [-0.2, 0) is 16.6 Å². The molecule has 0 bridgehead atoms. The molecule has 0 unspecified atom stereocenters. The molecule has 0 fully saturated rings. The average Bonchev–Trinajstić information content (AvgIpc) is 2.65. The molecule has 0 aliphatic carbocycles. The summed E-state index contributed by atoms with van der Waals surface area (Å²) in [5.74, 6) is 0.543. The number of benzene rings is 2. The molecule has 0 aliphatic heterocycles. The molecule has 0 saturated heterocycles. The topological polar surface area (TPSA) is 67.4 Å². The van der Waals surface area contributed by atoms with Crippen molar-refractivity contribution in [3.8, 4) is 5.75 Å². The molecule has 0 heterocycles. The van der Waals surface area contributed by atoms with Crippen molar-refractivity contribution in [2.24, 2.45) is 0 Å². The van der Waals surface area contributed by atoms with E-state index >= 15 is 0 Å². The maximum absolute atomic E-state index is 12.2. The van der Waals surface area contributed by atoms with Crippen LogP contribution in [0.15, 0.2) is 48.5 Å². The zero-order valence-corrected chi connectivity index (χ0v) is 16.5. The smallest absolute Gasteiger partial charge is 0.251 e. The minimum Gasteiger partial charge on any atom is -0.497 e. The van der Waals surface area contributed by atoms with Gasteiger partial charge in [0.1, 0.15) is 5.75 Å². The predicted molar refractivity (Wildman–Crippen MR) is 107 cm³/mol. The van der Waals surface area contributed by atoms with Crippen LogP contribution in [0.3, 0.4) is 0 Å². The number of rotatable bonds is 7. The number of ether oxygens (including phenoxy) is 1. The highest BCUT2D eigenvalue weighted by molar-refractivity contribution is 5.94. The predicted octanol–water partition coefficient (Wildman–Crippen LogP) is 3.08. The van der Waals surface area contributed by atoms with E-state index in [1.54, 1.807) is 7.11 Å². The minimum absolute atomic E-state index is 0.0587. The molecule has 0 aliphatic rings. The van der Waals surface area contributed by atoms with Crippen LogP contribution in [0.5, 0.6) is 5.75 Å². The summed E-state index contributed by atoms with van der Waals surface area (Å²) in [6.07, 6.45) is 0.298. The van der Waals surface area contributed by atoms with E-state index in [1.165, 1.54) is 5.56 Å². The number of hydrogen-bond acceptors (Lipinski definition) is 3. The highest BCUT2D eigenvalue weighted by atomic mass is 16.5. The molecular weight excluding hydrogens is 340 g/mol. The molecule has 0 atom stereocenters. The first kappa shape index (κ1) is 20.5. The van der Waals surface area contributed by atoms with E-state index in [0.29, 0.717) is 25.1 Å². The number of carbonyl (C=O) groups excluding carboxylic acids is 2. The number of amides is 2. The van der Waals surface area contributed by atoms with Crippen molar-refractivity contribution >= 4 is 11.8 Å². The zero-order chi connectivity index (χ0) is 19.9. The van der Waals surface area contributed by atoms with Gasteiger partial charge in [-0.15, -0.1) is 0 Å². The summed E-state index contributed by atoms with van der Waals surface area (Å²) in [7, 11) is 1.61. The average molecular weight is 368 g/mol. The quantitative estimate of drug-likeness (QED) is 0.738. The van der Waals surface area contributed by atoms with Gasteiger partial charge >= 0.3 is 0 Å². The van der Waals surface area contributed by atoms with Gasteiger partial charge in [-0.1, -0.05) is 45.0 Å². The van der Waals surface area contributed by atoms with Crippen LogP contribution in [0.1, 0.15) is 42.3 Å². The number of carbonyl (C=O) groups is 2. The molecule has 2 N–H and O–H groups in total. The van der Waals surface area contributed by atoms with Crippen molar-refractivity contribution in [2.75, 3.05) is 20.2 Å². The Balaban J connectivity index is 1.72. The molecule has 2 amide bonds. The van der Waals surface area contributed by atoms with E-state index in [4.69, 9.17) is 4.74 Å². The summed E-state index contributed by atoms with van der Waals surface area (Å²) in [6.45, 7) is 7.18. The van der Waals surface area contributed by atoms with Gasteiger partial charge in [-0.2, -0.15) is 0 Å². The first-order valence-corrected chi connectivity index (χ1v) is 9.08. The fourth-order valence-electron chi connectivity index (χ4n) is 2.59. The Bertz CT molecular complexity index is 760. The van der Waals surface area contributed by atoms with Gasteiger partial charge in [0.05, 0.1) is 13.5 Å². The Labute approximate surface area is 161 Å². The molecule has 0 saturated carbocycles. The van der Waals surface area contributed by atoms with Crippen LogP contribution in [-0.4, -0.2) is 32.0 Å². The number of hydrogen-bond donors (Lipinski definition) is 2. The van der Waals surface area contributed by atoms with Crippen molar-refractivity contribution in [1.82, 2.24) is 10.6 Å². The first-order chi connectivity index (χ1) is 12.8. The molecule has 2 aromatic carbocycles. The molecule has 0 radical (unpaired) electrons. The maximum atomic E-state index is 12.2. The molecule has 0 aromatic heterocycles. The fraction of sp³-hybridized carbons (Fsp3) is 0.364. The Kier molecular flexibility index (Phi) is 6.99. The Hall–Kier alpha value is -2.82. The van der Waals surface area contributed by atoms with Gasteiger partial charge in [-0.3, -0.25) is 9.59 Å². The van der Waals surface area contributed by atoms with Crippen LogP contribution in [0, 0.1) is 0 Å². The zero-order valence-electron chi connectivity index (χ0n) is 16.5. The minimum atomic E-state index is -0.139. The number of methoxy groups -OCH3 is 1. The van der Waals surface area contributed by atoms with Gasteiger partial charge in [-0.25, -0.2) is 0 Å². The molecule has 5 nitrogen and oxygen atoms in total. The lowest BCUT2D eigenvalue weighted by molar-refractivity contribution is -0.120. The first-order valence-electron chi connectivity index (χ1n) is 9.08. The van der Waals surface area contributed by atoms with Gasteiger partial charge in [0.2, 0.25) is 5.91 Å². The second kappa shape index (κ2) is 9.21. The molecule has 27 heavy (non-hydrogen) atoms. The lowest BCUT2D eigenvalue weighted by atomic mass is 9.87. The third-order valence-electron chi connectivity index (χ3n) is 4.27. The van der Waals surface area contributed by atoms with Crippen molar-refractivity contribution in [2.45, 2.75) is 32.6 Å². The SMILES string of the molecule is COc1ccc(CC(=O)NCCNC(=O)c2ccc(C(C)(C)C)cc2)cc1. The van der Waals surface area contributed by atoms with Gasteiger partial charge in [-0.05, 0) is 40.8 Å². The largest absolute Gasteiger partial charge is 0.497 e. The maximum Gasteiger partial charge on any atom is 0.251 e. The summed E-state index contributed by atoms with van der Waals surface area (Å²) < 4.78 is 5.09. The Morgan fingerprint density at radius 1 is 0.889 bits per heavy atom. The molecular formula is C22H28N2O3. The van der Waals surface area contributed by atoms with Crippen LogP contribution in [0.2, 0.25) is 0 Å². The van der Waals surface area contributed by atoms with Crippen LogP contribution in [0.25, 0.3) is 0 Å². The third kappa shape index (κ3) is 6.44. The van der Waals surface area contributed by atoms with Gasteiger partial charge in [0, 0.05) is 18.7 Å². The Morgan fingerprint density at radius 2 is 1.48 bits per heavy atom. The number of nitrogens with one attached hydrogen (secondary N) is 2. The molecule has 5 heteroatoms. The van der Waals surface area contributed by atoms with E-state index < -0.39 is 0 Å². The van der Waals surface area contributed by atoms with Gasteiger partial charge in [0.15, 0.2) is 0 Å².